The van der Waals surface area contributed by atoms with Crippen LogP contribution in [-0.2, 0) is 4.79 Å². The van der Waals surface area contributed by atoms with Gasteiger partial charge in [0.2, 0.25) is 5.91 Å². The Hall–Kier alpha value is -2.54. The van der Waals surface area contributed by atoms with Gasteiger partial charge in [0.25, 0.3) is 0 Å². The van der Waals surface area contributed by atoms with E-state index >= 15 is 0 Å². The number of anilines is 1. The molecule has 0 fully saturated rings. The van der Waals surface area contributed by atoms with E-state index < -0.39 is 0 Å². The lowest BCUT2D eigenvalue weighted by atomic mass is 10.2. The van der Waals surface area contributed by atoms with Crippen LogP contribution in [0.5, 0.6) is 0 Å². The maximum Gasteiger partial charge on any atom is 0.238 e. The molecule has 0 saturated carbocycles. The van der Waals surface area contributed by atoms with Gasteiger partial charge in [-0.05, 0) is 32.4 Å². The topological polar surface area (TPSA) is 73.0 Å². The summed E-state index contributed by atoms with van der Waals surface area (Å²) in [7, 11) is 0. The number of rotatable bonds is 5. The predicted octanol–water partition coefficient (Wildman–Crippen LogP) is 3.60. The maximum atomic E-state index is 12.3. The van der Waals surface area contributed by atoms with Gasteiger partial charge in [-0.15, -0.1) is 0 Å². The lowest BCUT2D eigenvalue weighted by Gasteiger charge is -2.13. The van der Waals surface area contributed by atoms with E-state index in [1.165, 1.54) is 11.8 Å². The fourth-order valence-electron chi connectivity index (χ4n) is 2.26. The summed E-state index contributed by atoms with van der Waals surface area (Å²) in [6.45, 7) is 5.66. The molecular formula is C17H18N4O2S. The smallest absolute Gasteiger partial charge is 0.238 e. The highest BCUT2D eigenvalue weighted by Gasteiger charge is 2.19. The Bertz CT molecular complexity index is 856. The van der Waals surface area contributed by atoms with Crippen LogP contribution in [0, 0.1) is 13.8 Å². The molecule has 0 aliphatic carbocycles. The molecule has 0 spiro atoms. The molecule has 0 unspecified atom stereocenters. The lowest BCUT2D eigenvalue weighted by Crippen LogP contribution is -2.23. The van der Waals surface area contributed by atoms with Crippen molar-refractivity contribution in [2.45, 2.75) is 31.2 Å². The van der Waals surface area contributed by atoms with Crippen LogP contribution in [0.1, 0.15) is 18.2 Å². The molecule has 1 amide bonds. The number of aryl methyl sites for hydroxylation is 2. The molecule has 1 atom stereocenters. The second-order valence-electron chi connectivity index (χ2n) is 5.44. The molecule has 24 heavy (non-hydrogen) atoms. The number of nitrogens with zero attached hydrogens (tertiary/aromatic N) is 3. The number of para-hydroxylation sites is 1. The number of carbonyl (C=O) groups is 1. The highest BCUT2D eigenvalue weighted by molar-refractivity contribution is 8.00. The number of amides is 1. The molecule has 0 radical (unpaired) electrons. The van der Waals surface area contributed by atoms with Gasteiger partial charge >= 0.3 is 0 Å². The van der Waals surface area contributed by atoms with Crippen LogP contribution >= 0.6 is 11.8 Å². The van der Waals surface area contributed by atoms with Crippen molar-refractivity contribution in [2.75, 3.05) is 5.32 Å². The summed E-state index contributed by atoms with van der Waals surface area (Å²) >= 11 is 1.40. The fourth-order valence-corrected chi connectivity index (χ4v) is 3.14. The number of nitrogens with one attached hydrogen (secondary N) is 1. The van der Waals surface area contributed by atoms with Gasteiger partial charge < -0.3 is 9.84 Å². The zero-order chi connectivity index (χ0) is 17.1. The standard InChI is InChI=1S/C17H18N4O2S/c1-11-6-4-5-7-14(11)21-9-8-18-17(21)24-13(3)16(22)19-15-10-12(2)23-20-15/h4-10,13H,1-3H3,(H,19,20,22)/t13-/m1/s1. The zero-order valence-corrected chi connectivity index (χ0v) is 14.5. The molecule has 3 aromatic rings. The maximum absolute atomic E-state index is 12.3. The molecule has 0 aliphatic heterocycles. The molecule has 2 heterocycles. The third-order valence-electron chi connectivity index (χ3n) is 3.51. The van der Waals surface area contributed by atoms with E-state index in [1.807, 2.05) is 48.9 Å². The van der Waals surface area contributed by atoms with E-state index in [-0.39, 0.29) is 11.2 Å². The van der Waals surface area contributed by atoms with Crippen molar-refractivity contribution in [3.05, 3.63) is 54.0 Å². The van der Waals surface area contributed by atoms with Gasteiger partial charge in [0, 0.05) is 18.5 Å². The summed E-state index contributed by atoms with van der Waals surface area (Å²) in [5.41, 5.74) is 2.20. The summed E-state index contributed by atoms with van der Waals surface area (Å²) in [5, 5.41) is 6.96. The van der Waals surface area contributed by atoms with Gasteiger partial charge in [-0.1, -0.05) is 35.1 Å². The van der Waals surface area contributed by atoms with Crippen LogP contribution in [-0.4, -0.2) is 25.9 Å². The van der Waals surface area contributed by atoms with Crippen molar-refractivity contribution in [2.24, 2.45) is 0 Å². The number of hydrogen-bond acceptors (Lipinski definition) is 5. The van der Waals surface area contributed by atoms with Gasteiger partial charge in [0.1, 0.15) is 5.76 Å². The van der Waals surface area contributed by atoms with Crippen LogP contribution in [0.25, 0.3) is 5.69 Å². The summed E-state index contributed by atoms with van der Waals surface area (Å²) in [6.07, 6.45) is 3.64. The predicted molar refractivity (Wildman–Crippen MR) is 93.5 cm³/mol. The number of thioether (sulfide) groups is 1. The highest BCUT2D eigenvalue weighted by atomic mass is 32.2. The SMILES string of the molecule is Cc1cc(NC(=O)[C@@H](C)Sc2nccn2-c2ccccc2C)no1. The van der Waals surface area contributed by atoms with Crippen LogP contribution < -0.4 is 5.32 Å². The Kier molecular flexibility index (Phi) is 4.71. The molecule has 2 aromatic heterocycles. The van der Waals surface area contributed by atoms with E-state index in [9.17, 15) is 4.79 Å². The van der Waals surface area contributed by atoms with Gasteiger partial charge in [-0.3, -0.25) is 9.36 Å². The Morgan fingerprint density at radius 1 is 1.33 bits per heavy atom. The van der Waals surface area contributed by atoms with Crippen molar-refractivity contribution in [1.29, 1.82) is 0 Å². The van der Waals surface area contributed by atoms with Gasteiger partial charge in [0.05, 0.1) is 10.9 Å². The minimum absolute atomic E-state index is 0.146. The van der Waals surface area contributed by atoms with Crippen LogP contribution in [0.4, 0.5) is 5.82 Å². The third kappa shape index (κ3) is 3.51. The van der Waals surface area contributed by atoms with Crippen molar-refractivity contribution in [3.63, 3.8) is 0 Å². The number of hydrogen-bond donors (Lipinski definition) is 1. The van der Waals surface area contributed by atoms with E-state index in [4.69, 9.17) is 4.52 Å². The number of aromatic nitrogens is 3. The molecule has 0 aliphatic rings. The minimum Gasteiger partial charge on any atom is -0.360 e. The number of imidazole rings is 1. The van der Waals surface area contributed by atoms with Gasteiger partial charge in [-0.2, -0.15) is 0 Å². The van der Waals surface area contributed by atoms with Crippen LogP contribution in [0.15, 0.2) is 52.4 Å². The normalized spacial score (nSPS) is 12.1. The average Bonchev–Trinajstić information content (AvgIpc) is 3.17. The lowest BCUT2D eigenvalue weighted by molar-refractivity contribution is -0.115. The van der Waals surface area contributed by atoms with Gasteiger partial charge in [0.15, 0.2) is 11.0 Å². The van der Waals surface area contributed by atoms with Crippen molar-refractivity contribution in [3.8, 4) is 5.69 Å². The van der Waals surface area contributed by atoms with Crippen LogP contribution in [0.2, 0.25) is 0 Å². The Labute approximate surface area is 144 Å². The second kappa shape index (κ2) is 6.92. The molecule has 0 bridgehead atoms. The van der Waals surface area contributed by atoms with E-state index in [2.05, 4.69) is 15.5 Å². The van der Waals surface area contributed by atoms with Gasteiger partial charge in [-0.25, -0.2) is 4.98 Å². The monoisotopic (exact) mass is 342 g/mol. The number of carbonyl (C=O) groups excluding carboxylic acids is 1. The Morgan fingerprint density at radius 2 is 2.12 bits per heavy atom. The molecule has 7 heteroatoms. The fraction of sp³-hybridized carbons (Fsp3) is 0.235. The quantitative estimate of drug-likeness (QED) is 0.717. The van der Waals surface area contributed by atoms with Crippen LogP contribution in [0.3, 0.4) is 0 Å². The first-order valence-electron chi connectivity index (χ1n) is 7.55. The largest absolute Gasteiger partial charge is 0.360 e. The summed E-state index contributed by atoms with van der Waals surface area (Å²) < 4.78 is 6.94. The van der Waals surface area contributed by atoms with E-state index in [1.54, 1.807) is 19.2 Å². The van der Waals surface area contributed by atoms with E-state index in [0.29, 0.717) is 11.6 Å². The third-order valence-corrected chi connectivity index (χ3v) is 4.59. The second-order valence-corrected chi connectivity index (χ2v) is 6.75. The first-order valence-corrected chi connectivity index (χ1v) is 8.43. The molecule has 1 aromatic carbocycles. The molecule has 0 saturated heterocycles. The van der Waals surface area contributed by atoms with Crippen molar-refractivity contribution >= 4 is 23.5 Å². The number of benzene rings is 1. The van der Waals surface area contributed by atoms with Crippen molar-refractivity contribution in [1.82, 2.24) is 14.7 Å². The summed E-state index contributed by atoms with van der Waals surface area (Å²) in [6, 6.07) is 9.75. The highest BCUT2D eigenvalue weighted by Crippen LogP contribution is 2.26. The minimum atomic E-state index is -0.327. The molecule has 124 valence electrons. The first kappa shape index (κ1) is 16.3. The summed E-state index contributed by atoms with van der Waals surface area (Å²) in [5.74, 6) is 0.931. The zero-order valence-electron chi connectivity index (χ0n) is 13.7. The van der Waals surface area contributed by atoms with Crippen molar-refractivity contribution < 1.29 is 9.32 Å². The molecular weight excluding hydrogens is 324 g/mol. The molecule has 1 N–H and O–H groups in total. The van der Waals surface area contributed by atoms with E-state index in [0.717, 1.165) is 16.4 Å². The molecule has 3 rings (SSSR count). The summed E-state index contributed by atoms with van der Waals surface area (Å²) in [4.78, 5) is 16.7. The average molecular weight is 342 g/mol. The molecule has 6 nitrogen and oxygen atoms in total. The Balaban J connectivity index is 1.73. The Morgan fingerprint density at radius 3 is 2.83 bits per heavy atom. The first-order chi connectivity index (χ1) is 11.5.